The Hall–Kier alpha value is -1.95. The van der Waals surface area contributed by atoms with Crippen molar-refractivity contribution in [1.29, 1.82) is 0 Å². The van der Waals surface area contributed by atoms with Crippen molar-refractivity contribution < 1.29 is 0 Å². The number of rotatable bonds is 1. The molecule has 0 saturated heterocycles. The molecule has 0 aliphatic rings. The van der Waals surface area contributed by atoms with E-state index in [1.54, 1.807) is 17.7 Å². The summed E-state index contributed by atoms with van der Waals surface area (Å²) in [5.74, 6) is 1.09. The molecule has 0 aromatic carbocycles. The topological polar surface area (TPSA) is 69.6 Å². The first-order valence-corrected chi connectivity index (χ1v) is 6.06. The van der Waals surface area contributed by atoms with E-state index in [1.807, 2.05) is 29.9 Å². The summed E-state index contributed by atoms with van der Waals surface area (Å²) in [6.07, 6.45) is 1.77. The molecule has 0 bridgehead atoms. The highest BCUT2D eigenvalue weighted by atomic mass is 32.1. The summed E-state index contributed by atoms with van der Waals surface area (Å²) in [7, 11) is 0. The fourth-order valence-electron chi connectivity index (χ4n) is 1.74. The van der Waals surface area contributed by atoms with Gasteiger partial charge < -0.3 is 5.73 Å². The van der Waals surface area contributed by atoms with Gasteiger partial charge >= 0.3 is 0 Å². The lowest BCUT2D eigenvalue weighted by Gasteiger charge is -2.06. The van der Waals surface area contributed by atoms with Crippen molar-refractivity contribution in [3.63, 3.8) is 0 Å². The highest BCUT2D eigenvalue weighted by molar-refractivity contribution is 7.17. The van der Waals surface area contributed by atoms with E-state index in [-0.39, 0.29) is 5.95 Å². The highest BCUT2D eigenvalue weighted by Gasteiger charge is 2.12. The van der Waals surface area contributed by atoms with Crippen molar-refractivity contribution in [3.8, 4) is 5.82 Å². The smallest absolute Gasteiger partial charge is 0.222 e. The van der Waals surface area contributed by atoms with E-state index >= 15 is 0 Å². The molecule has 3 heterocycles. The Labute approximate surface area is 102 Å². The Balaban J connectivity index is 2.36. The van der Waals surface area contributed by atoms with Gasteiger partial charge in [0.05, 0.1) is 15.9 Å². The summed E-state index contributed by atoms with van der Waals surface area (Å²) in [6, 6.07) is 1.95. The van der Waals surface area contributed by atoms with Crippen molar-refractivity contribution in [1.82, 2.24) is 19.5 Å². The number of imidazole rings is 1. The maximum absolute atomic E-state index is 5.73. The third kappa shape index (κ3) is 1.49. The Morgan fingerprint density at radius 1 is 1.29 bits per heavy atom. The van der Waals surface area contributed by atoms with Gasteiger partial charge in [-0.25, -0.2) is 9.97 Å². The summed E-state index contributed by atoms with van der Waals surface area (Å²) >= 11 is 1.61. The van der Waals surface area contributed by atoms with Crippen molar-refractivity contribution in [2.45, 2.75) is 13.8 Å². The van der Waals surface area contributed by atoms with E-state index in [0.29, 0.717) is 0 Å². The minimum atomic E-state index is 0.289. The zero-order valence-electron chi connectivity index (χ0n) is 9.51. The summed E-state index contributed by atoms with van der Waals surface area (Å²) in [4.78, 5) is 12.8. The second-order valence-electron chi connectivity index (χ2n) is 3.83. The number of aromatic nitrogens is 4. The van der Waals surface area contributed by atoms with Crippen molar-refractivity contribution in [2.24, 2.45) is 0 Å². The lowest BCUT2D eigenvalue weighted by Crippen LogP contribution is -2.03. The molecule has 6 heteroatoms. The normalized spacial score (nSPS) is 11.2. The van der Waals surface area contributed by atoms with Crippen LogP contribution in [0.5, 0.6) is 0 Å². The molecule has 0 fully saturated rings. The zero-order chi connectivity index (χ0) is 12.0. The van der Waals surface area contributed by atoms with Gasteiger partial charge in [-0.15, -0.1) is 11.3 Å². The van der Waals surface area contributed by atoms with Crippen LogP contribution in [0.3, 0.4) is 0 Å². The van der Waals surface area contributed by atoms with Gasteiger partial charge in [0.2, 0.25) is 5.95 Å². The van der Waals surface area contributed by atoms with Crippen LogP contribution in [-0.4, -0.2) is 19.5 Å². The molecule has 0 amide bonds. The van der Waals surface area contributed by atoms with E-state index in [2.05, 4.69) is 15.0 Å². The predicted octanol–water partition coefficient (Wildman–Crippen LogP) is 2.08. The number of nitrogens with zero attached hydrogens (tertiary/aromatic N) is 4. The van der Waals surface area contributed by atoms with E-state index < -0.39 is 0 Å². The van der Waals surface area contributed by atoms with Crippen LogP contribution in [0.4, 0.5) is 5.95 Å². The Morgan fingerprint density at radius 2 is 2.12 bits per heavy atom. The molecule has 86 valence electrons. The number of aryl methyl sites for hydroxylation is 1. The van der Waals surface area contributed by atoms with E-state index in [4.69, 9.17) is 5.73 Å². The molecule has 0 atom stereocenters. The lowest BCUT2D eigenvalue weighted by molar-refractivity contribution is 0.960. The Morgan fingerprint density at radius 3 is 2.82 bits per heavy atom. The van der Waals surface area contributed by atoms with Crippen LogP contribution in [0, 0.1) is 13.8 Å². The van der Waals surface area contributed by atoms with E-state index in [0.717, 1.165) is 27.4 Å². The average molecular weight is 245 g/mol. The van der Waals surface area contributed by atoms with E-state index in [1.165, 1.54) is 0 Å². The molecule has 5 nitrogen and oxygen atoms in total. The van der Waals surface area contributed by atoms with Crippen molar-refractivity contribution >= 4 is 27.5 Å². The minimum Gasteiger partial charge on any atom is -0.368 e. The predicted molar refractivity (Wildman–Crippen MR) is 68.4 cm³/mol. The van der Waals surface area contributed by atoms with Crippen LogP contribution >= 0.6 is 11.3 Å². The Kier molecular flexibility index (Phi) is 2.12. The van der Waals surface area contributed by atoms with Gasteiger partial charge in [-0.05, 0) is 25.3 Å². The molecule has 17 heavy (non-hydrogen) atoms. The second kappa shape index (κ2) is 3.53. The van der Waals surface area contributed by atoms with Gasteiger partial charge in [0.15, 0.2) is 5.82 Å². The summed E-state index contributed by atoms with van der Waals surface area (Å²) < 4.78 is 2.98. The first kappa shape index (κ1) is 10.2. The average Bonchev–Trinajstić information content (AvgIpc) is 2.87. The van der Waals surface area contributed by atoms with Gasteiger partial charge in [-0.2, -0.15) is 4.98 Å². The molecule has 0 saturated carbocycles. The number of thiophene rings is 1. The molecular formula is C11H11N5S. The first-order chi connectivity index (χ1) is 8.16. The fourth-order valence-corrected chi connectivity index (χ4v) is 2.56. The molecule has 2 N–H and O–H groups in total. The van der Waals surface area contributed by atoms with Crippen molar-refractivity contribution in [2.75, 3.05) is 5.73 Å². The van der Waals surface area contributed by atoms with Crippen LogP contribution in [0.15, 0.2) is 17.8 Å². The molecule has 3 aromatic heterocycles. The summed E-state index contributed by atoms with van der Waals surface area (Å²) in [6.45, 7) is 3.99. The third-order valence-corrected chi connectivity index (χ3v) is 3.68. The van der Waals surface area contributed by atoms with Gasteiger partial charge in [0, 0.05) is 5.69 Å². The SMILES string of the molecule is Cc1ncn(-c2nc(N)nc3ccsc23)c1C. The highest BCUT2D eigenvalue weighted by Crippen LogP contribution is 2.26. The zero-order valence-corrected chi connectivity index (χ0v) is 10.3. The molecule has 3 aromatic rings. The number of anilines is 1. The van der Waals surface area contributed by atoms with Crippen molar-refractivity contribution in [3.05, 3.63) is 29.2 Å². The molecule has 0 spiro atoms. The van der Waals surface area contributed by atoms with Gasteiger partial charge in [-0.3, -0.25) is 4.57 Å². The fraction of sp³-hybridized carbons (Fsp3) is 0.182. The Bertz CT molecular complexity index is 697. The number of nitrogens with two attached hydrogens (primary N) is 1. The minimum absolute atomic E-state index is 0.289. The standard InChI is InChI=1S/C11H11N5S/c1-6-7(2)16(5-13-6)10-9-8(3-4-17-9)14-11(12)15-10/h3-5H,1-2H3,(H2,12,14,15). The number of hydrogen-bond donors (Lipinski definition) is 1. The lowest BCUT2D eigenvalue weighted by atomic mass is 10.3. The number of fused-ring (bicyclic) bond motifs is 1. The van der Waals surface area contributed by atoms with Crippen LogP contribution < -0.4 is 5.73 Å². The van der Waals surface area contributed by atoms with Crippen LogP contribution in [0.1, 0.15) is 11.4 Å². The molecular weight excluding hydrogens is 234 g/mol. The summed E-state index contributed by atoms with van der Waals surface area (Å²) in [5.41, 5.74) is 8.66. The quantitative estimate of drug-likeness (QED) is 0.712. The molecule has 0 unspecified atom stereocenters. The van der Waals surface area contributed by atoms with Gasteiger partial charge in [0.25, 0.3) is 0 Å². The number of hydrogen-bond acceptors (Lipinski definition) is 5. The molecule has 0 aliphatic carbocycles. The summed E-state index contributed by atoms with van der Waals surface area (Å²) in [5, 5.41) is 1.99. The van der Waals surface area contributed by atoms with Gasteiger partial charge in [0.1, 0.15) is 6.33 Å². The van der Waals surface area contributed by atoms with Crippen LogP contribution in [-0.2, 0) is 0 Å². The first-order valence-electron chi connectivity index (χ1n) is 5.18. The monoisotopic (exact) mass is 245 g/mol. The van der Waals surface area contributed by atoms with Gasteiger partial charge in [-0.1, -0.05) is 0 Å². The third-order valence-electron chi connectivity index (χ3n) is 2.78. The van der Waals surface area contributed by atoms with E-state index in [9.17, 15) is 0 Å². The second-order valence-corrected chi connectivity index (χ2v) is 4.74. The maximum atomic E-state index is 5.73. The largest absolute Gasteiger partial charge is 0.368 e. The molecule has 0 aliphatic heterocycles. The molecule has 3 rings (SSSR count). The molecule has 0 radical (unpaired) electrons. The van der Waals surface area contributed by atoms with Crippen LogP contribution in [0.2, 0.25) is 0 Å². The van der Waals surface area contributed by atoms with Crippen LogP contribution in [0.25, 0.3) is 16.0 Å². The maximum Gasteiger partial charge on any atom is 0.222 e. The number of nitrogen functional groups attached to an aromatic ring is 1.